The predicted molar refractivity (Wildman–Crippen MR) is 107 cm³/mol. The smallest absolute Gasteiger partial charge is 0.329 e. The van der Waals surface area contributed by atoms with Crippen molar-refractivity contribution in [1.29, 1.82) is 0 Å². The van der Waals surface area contributed by atoms with Gasteiger partial charge < -0.3 is 19.5 Å². The van der Waals surface area contributed by atoms with Crippen molar-refractivity contribution < 1.29 is 33.4 Å². The van der Waals surface area contributed by atoms with Gasteiger partial charge in [0.25, 0.3) is 0 Å². The van der Waals surface area contributed by atoms with Crippen LogP contribution in [-0.4, -0.2) is 29.9 Å². The second kappa shape index (κ2) is 10.8. The van der Waals surface area contributed by atoms with Crippen LogP contribution in [0.1, 0.15) is 31.9 Å². The third kappa shape index (κ3) is 7.38. The number of carbonyl (C=O) groups is 4. The number of carbonyl (C=O) groups excluding carboxylic acids is 4. The molecule has 30 heavy (non-hydrogen) atoms. The van der Waals surface area contributed by atoms with Gasteiger partial charge in [-0.15, -0.1) is 0 Å². The topological polar surface area (TPSA) is 108 Å². The van der Waals surface area contributed by atoms with Crippen LogP contribution in [0.5, 0.6) is 11.5 Å². The predicted octanol–water partition coefficient (Wildman–Crippen LogP) is 2.33. The van der Waals surface area contributed by atoms with Crippen LogP contribution in [-0.2, 0) is 36.9 Å². The van der Waals surface area contributed by atoms with Crippen molar-refractivity contribution in [1.82, 2.24) is 5.32 Å². The van der Waals surface area contributed by atoms with Crippen LogP contribution < -0.4 is 14.8 Å². The number of hydrogen-bond acceptors (Lipinski definition) is 7. The van der Waals surface area contributed by atoms with Gasteiger partial charge in [0, 0.05) is 27.2 Å². The number of amides is 1. The summed E-state index contributed by atoms with van der Waals surface area (Å²) >= 11 is 0. The summed E-state index contributed by atoms with van der Waals surface area (Å²) in [6.45, 7) is 3.80. The molecule has 1 N–H and O–H groups in total. The Labute approximate surface area is 174 Å². The van der Waals surface area contributed by atoms with Gasteiger partial charge in [0.2, 0.25) is 5.91 Å². The summed E-state index contributed by atoms with van der Waals surface area (Å²) in [4.78, 5) is 46.7. The molecule has 0 unspecified atom stereocenters. The summed E-state index contributed by atoms with van der Waals surface area (Å²) in [6.07, 6.45) is 0.0851. The lowest BCUT2D eigenvalue weighted by Gasteiger charge is -2.18. The van der Waals surface area contributed by atoms with E-state index >= 15 is 0 Å². The van der Waals surface area contributed by atoms with E-state index in [1.165, 1.54) is 32.9 Å². The molecule has 8 nitrogen and oxygen atoms in total. The molecule has 2 aromatic carbocycles. The van der Waals surface area contributed by atoms with Crippen LogP contribution >= 0.6 is 0 Å². The minimum atomic E-state index is -0.948. The van der Waals surface area contributed by atoms with E-state index in [1.807, 2.05) is 30.3 Å². The van der Waals surface area contributed by atoms with Crippen LogP contribution in [0.2, 0.25) is 0 Å². The highest BCUT2D eigenvalue weighted by Crippen LogP contribution is 2.29. The first-order chi connectivity index (χ1) is 14.2. The standard InChI is InChI=1S/C22H23NO7/c1-14(24)23-19(22(27)28-13-17-7-5-4-6-8-17)11-18-9-10-20(29-15(2)25)21(12-18)30-16(3)26/h4-10,12,19H,11,13H2,1-3H3,(H,23,24)/t19-/m0/s1. The quantitative estimate of drug-likeness (QED) is 0.523. The van der Waals surface area contributed by atoms with Crippen molar-refractivity contribution in [3.8, 4) is 11.5 Å². The van der Waals surface area contributed by atoms with Crippen molar-refractivity contribution >= 4 is 23.8 Å². The Bertz CT molecular complexity index is 924. The molecule has 0 fully saturated rings. The highest BCUT2D eigenvalue weighted by atomic mass is 16.6. The molecule has 0 heterocycles. The van der Waals surface area contributed by atoms with E-state index in [9.17, 15) is 19.2 Å². The van der Waals surface area contributed by atoms with E-state index < -0.39 is 29.9 Å². The van der Waals surface area contributed by atoms with Gasteiger partial charge in [-0.2, -0.15) is 0 Å². The lowest BCUT2D eigenvalue weighted by molar-refractivity contribution is -0.149. The van der Waals surface area contributed by atoms with E-state index in [4.69, 9.17) is 14.2 Å². The number of esters is 3. The van der Waals surface area contributed by atoms with Crippen LogP contribution in [0.15, 0.2) is 48.5 Å². The summed E-state index contributed by atoms with van der Waals surface area (Å²) in [5, 5.41) is 2.56. The minimum Gasteiger partial charge on any atom is -0.459 e. The Balaban J connectivity index is 2.17. The van der Waals surface area contributed by atoms with Crippen LogP contribution in [0.4, 0.5) is 0 Å². The zero-order valence-corrected chi connectivity index (χ0v) is 17.0. The minimum absolute atomic E-state index is 0.0365. The van der Waals surface area contributed by atoms with Crippen molar-refractivity contribution in [3.63, 3.8) is 0 Å². The molecule has 0 aromatic heterocycles. The summed E-state index contributed by atoms with van der Waals surface area (Å²) < 4.78 is 15.5. The van der Waals surface area contributed by atoms with Gasteiger partial charge in [0.1, 0.15) is 12.6 Å². The number of rotatable bonds is 8. The maximum atomic E-state index is 12.5. The summed E-state index contributed by atoms with van der Waals surface area (Å²) in [5.74, 6) is -2.06. The Morgan fingerprint density at radius 2 is 1.47 bits per heavy atom. The first-order valence-corrected chi connectivity index (χ1v) is 9.22. The van der Waals surface area contributed by atoms with E-state index in [0.29, 0.717) is 5.56 Å². The van der Waals surface area contributed by atoms with Crippen molar-refractivity contribution in [2.75, 3.05) is 0 Å². The second-order valence-corrected chi connectivity index (χ2v) is 6.52. The Morgan fingerprint density at radius 1 is 0.833 bits per heavy atom. The fourth-order valence-electron chi connectivity index (χ4n) is 2.66. The fraction of sp³-hybridized carbons (Fsp3) is 0.273. The van der Waals surface area contributed by atoms with Crippen LogP contribution in [0, 0.1) is 0 Å². The molecule has 0 saturated heterocycles. The molecule has 0 bridgehead atoms. The molecule has 1 amide bonds. The number of ether oxygens (including phenoxy) is 3. The van der Waals surface area contributed by atoms with Crippen LogP contribution in [0.3, 0.4) is 0 Å². The van der Waals surface area contributed by atoms with Gasteiger partial charge in [-0.25, -0.2) is 4.79 Å². The highest BCUT2D eigenvalue weighted by molar-refractivity contribution is 5.83. The molecule has 2 rings (SSSR count). The fourth-order valence-corrected chi connectivity index (χ4v) is 2.66. The molecule has 158 valence electrons. The molecule has 0 spiro atoms. The molecule has 8 heteroatoms. The Morgan fingerprint density at radius 3 is 2.07 bits per heavy atom. The zero-order chi connectivity index (χ0) is 22.1. The van der Waals surface area contributed by atoms with E-state index in [1.54, 1.807) is 6.07 Å². The van der Waals surface area contributed by atoms with Crippen LogP contribution in [0.25, 0.3) is 0 Å². The number of benzene rings is 2. The molecular weight excluding hydrogens is 390 g/mol. The number of hydrogen-bond donors (Lipinski definition) is 1. The SMILES string of the molecule is CC(=O)N[C@@H](Cc1ccc(OC(C)=O)c(OC(C)=O)c1)C(=O)OCc1ccccc1. The lowest BCUT2D eigenvalue weighted by Crippen LogP contribution is -2.42. The third-order valence-electron chi connectivity index (χ3n) is 3.84. The summed E-state index contributed by atoms with van der Waals surface area (Å²) in [6, 6.07) is 12.7. The maximum absolute atomic E-state index is 12.5. The van der Waals surface area contributed by atoms with Gasteiger partial charge in [-0.3, -0.25) is 14.4 Å². The summed E-state index contributed by atoms with van der Waals surface area (Å²) in [5.41, 5.74) is 1.38. The molecule has 0 saturated carbocycles. The van der Waals surface area contributed by atoms with Crippen molar-refractivity contribution in [2.45, 2.75) is 39.8 Å². The maximum Gasteiger partial charge on any atom is 0.329 e. The van der Waals surface area contributed by atoms with E-state index in [-0.39, 0.29) is 24.5 Å². The molecular formula is C22H23NO7. The first kappa shape index (κ1) is 22.6. The molecule has 0 aliphatic carbocycles. The average Bonchev–Trinajstić information content (AvgIpc) is 2.67. The monoisotopic (exact) mass is 413 g/mol. The largest absolute Gasteiger partial charge is 0.459 e. The lowest BCUT2D eigenvalue weighted by atomic mass is 10.0. The third-order valence-corrected chi connectivity index (χ3v) is 3.84. The average molecular weight is 413 g/mol. The number of nitrogens with one attached hydrogen (secondary N) is 1. The molecule has 2 aromatic rings. The van der Waals surface area contributed by atoms with Gasteiger partial charge in [0.05, 0.1) is 0 Å². The van der Waals surface area contributed by atoms with Crippen molar-refractivity contribution in [3.05, 3.63) is 59.7 Å². The molecule has 0 aliphatic heterocycles. The first-order valence-electron chi connectivity index (χ1n) is 9.22. The summed E-state index contributed by atoms with van der Waals surface area (Å²) in [7, 11) is 0. The van der Waals surface area contributed by atoms with E-state index in [2.05, 4.69) is 5.32 Å². The van der Waals surface area contributed by atoms with Gasteiger partial charge in [-0.1, -0.05) is 36.4 Å². The zero-order valence-electron chi connectivity index (χ0n) is 17.0. The van der Waals surface area contributed by atoms with E-state index in [0.717, 1.165) is 5.56 Å². The second-order valence-electron chi connectivity index (χ2n) is 6.52. The molecule has 0 aliphatic rings. The van der Waals surface area contributed by atoms with Gasteiger partial charge >= 0.3 is 17.9 Å². The Hall–Kier alpha value is -3.68. The molecule has 1 atom stereocenters. The van der Waals surface area contributed by atoms with Crippen molar-refractivity contribution in [2.24, 2.45) is 0 Å². The molecule has 0 radical (unpaired) electrons. The van der Waals surface area contributed by atoms with Gasteiger partial charge in [0.15, 0.2) is 11.5 Å². The van der Waals surface area contributed by atoms with Gasteiger partial charge in [-0.05, 0) is 23.3 Å². The normalized spacial score (nSPS) is 11.2. The highest BCUT2D eigenvalue weighted by Gasteiger charge is 2.23. The Kier molecular flexibility index (Phi) is 8.10.